The molecule has 24 heavy (non-hydrogen) atoms. The smallest absolute Gasteiger partial charge is 0.225 e. The highest BCUT2D eigenvalue weighted by molar-refractivity contribution is 5.85. The molecule has 1 amide bonds. The lowest BCUT2D eigenvalue weighted by molar-refractivity contribution is -0.119. The maximum atomic E-state index is 11.8. The van der Waals surface area contributed by atoms with Crippen molar-refractivity contribution in [3.05, 3.63) is 66.1 Å². The summed E-state index contributed by atoms with van der Waals surface area (Å²) in [5, 5.41) is 0. The highest BCUT2D eigenvalue weighted by Gasteiger charge is 2.33. The number of rotatable bonds is 3. The van der Waals surface area contributed by atoms with Crippen molar-refractivity contribution >= 4 is 17.2 Å². The van der Waals surface area contributed by atoms with Crippen LogP contribution in [-0.4, -0.2) is 21.3 Å². The van der Waals surface area contributed by atoms with Gasteiger partial charge in [-0.05, 0) is 37.1 Å². The first-order valence-corrected chi connectivity index (χ1v) is 8.21. The van der Waals surface area contributed by atoms with E-state index in [4.69, 9.17) is 10.7 Å². The fourth-order valence-electron chi connectivity index (χ4n) is 3.62. The molecule has 122 valence electrons. The molecule has 2 atom stereocenters. The molecule has 2 aromatic heterocycles. The minimum Gasteiger partial charge on any atom is -0.369 e. The lowest BCUT2D eigenvalue weighted by atomic mass is 9.85. The summed E-state index contributed by atoms with van der Waals surface area (Å²) in [4.78, 5) is 18.8. The summed E-state index contributed by atoms with van der Waals surface area (Å²) >= 11 is 0. The number of amides is 1. The summed E-state index contributed by atoms with van der Waals surface area (Å²) in [6, 6.07) is 14.3. The van der Waals surface area contributed by atoms with Gasteiger partial charge in [0.15, 0.2) is 0 Å². The topological polar surface area (TPSA) is 63.6 Å². The highest BCUT2D eigenvalue weighted by atomic mass is 16.1. The number of pyridine rings is 1. The zero-order valence-corrected chi connectivity index (χ0v) is 13.6. The number of fused-ring (bicyclic) bond motifs is 2. The summed E-state index contributed by atoms with van der Waals surface area (Å²) in [5.74, 6) is -0.463. The Morgan fingerprint density at radius 2 is 2.04 bits per heavy atom. The van der Waals surface area contributed by atoms with Crippen molar-refractivity contribution < 1.29 is 4.79 Å². The molecular formula is C19H20N4O. The van der Waals surface area contributed by atoms with Gasteiger partial charge in [-0.2, -0.15) is 0 Å². The van der Waals surface area contributed by atoms with Crippen LogP contribution in [0.3, 0.4) is 0 Å². The van der Waals surface area contributed by atoms with E-state index in [1.54, 1.807) is 0 Å². The normalized spacial score (nSPS) is 20.1. The van der Waals surface area contributed by atoms with E-state index in [1.807, 2.05) is 47.0 Å². The third-order valence-electron chi connectivity index (χ3n) is 4.82. The SMILES string of the molecule is C[C@@H]1C[C@@H](C(N)=O)c2ccccc2N1Cc1cn2ccccc2n1. The minimum atomic E-state index is -0.248. The molecule has 0 saturated heterocycles. The Morgan fingerprint density at radius 3 is 2.83 bits per heavy atom. The molecule has 5 nitrogen and oxygen atoms in total. The van der Waals surface area contributed by atoms with Gasteiger partial charge in [0.25, 0.3) is 0 Å². The zero-order valence-electron chi connectivity index (χ0n) is 13.6. The van der Waals surface area contributed by atoms with Crippen LogP contribution >= 0.6 is 0 Å². The molecule has 0 radical (unpaired) electrons. The molecule has 0 bridgehead atoms. The molecular weight excluding hydrogens is 300 g/mol. The number of aromatic nitrogens is 2. The first-order chi connectivity index (χ1) is 11.6. The van der Waals surface area contributed by atoms with Gasteiger partial charge in [0.1, 0.15) is 5.65 Å². The van der Waals surface area contributed by atoms with Crippen molar-refractivity contribution in [2.45, 2.75) is 31.8 Å². The number of para-hydroxylation sites is 1. The van der Waals surface area contributed by atoms with Crippen LogP contribution in [0.1, 0.15) is 30.5 Å². The van der Waals surface area contributed by atoms with E-state index >= 15 is 0 Å². The average molecular weight is 320 g/mol. The zero-order chi connectivity index (χ0) is 16.7. The summed E-state index contributed by atoms with van der Waals surface area (Å²) in [7, 11) is 0. The molecule has 1 aromatic carbocycles. The van der Waals surface area contributed by atoms with Gasteiger partial charge in [-0.25, -0.2) is 4.98 Å². The second-order valence-electron chi connectivity index (χ2n) is 6.42. The molecule has 0 spiro atoms. The fraction of sp³-hybridized carbons (Fsp3) is 0.263. The predicted molar refractivity (Wildman–Crippen MR) is 93.8 cm³/mol. The van der Waals surface area contributed by atoms with Crippen molar-refractivity contribution in [3.8, 4) is 0 Å². The molecule has 3 aromatic rings. The van der Waals surface area contributed by atoms with E-state index in [-0.39, 0.29) is 17.9 Å². The molecule has 4 rings (SSSR count). The molecule has 0 saturated carbocycles. The molecule has 5 heteroatoms. The van der Waals surface area contributed by atoms with Gasteiger partial charge in [0, 0.05) is 24.1 Å². The summed E-state index contributed by atoms with van der Waals surface area (Å²) in [6.45, 7) is 2.85. The van der Waals surface area contributed by atoms with E-state index in [1.165, 1.54) is 0 Å². The van der Waals surface area contributed by atoms with Gasteiger partial charge < -0.3 is 15.0 Å². The van der Waals surface area contributed by atoms with E-state index < -0.39 is 0 Å². The van der Waals surface area contributed by atoms with Gasteiger partial charge in [0.2, 0.25) is 5.91 Å². The summed E-state index contributed by atoms with van der Waals surface area (Å²) in [6.07, 6.45) is 4.80. The van der Waals surface area contributed by atoms with E-state index in [0.717, 1.165) is 29.0 Å². The van der Waals surface area contributed by atoms with Gasteiger partial charge in [-0.3, -0.25) is 4.79 Å². The van der Waals surface area contributed by atoms with Gasteiger partial charge in [-0.1, -0.05) is 24.3 Å². The minimum absolute atomic E-state index is 0.214. The van der Waals surface area contributed by atoms with Gasteiger partial charge in [-0.15, -0.1) is 0 Å². The number of primary amides is 1. The first kappa shape index (κ1) is 14.8. The van der Waals surface area contributed by atoms with Crippen molar-refractivity contribution in [1.82, 2.24) is 9.38 Å². The van der Waals surface area contributed by atoms with Crippen LogP contribution < -0.4 is 10.6 Å². The fourth-order valence-corrected chi connectivity index (χ4v) is 3.62. The second kappa shape index (κ2) is 5.67. The Morgan fingerprint density at radius 1 is 1.25 bits per heavy atom. The molecule has 1 aliphatic rings. The summed E-state index contributed by atoms with van der Waals surface area (Å²) < 4.78 is 2.03. The Hall–Kier alpha value is -2.82. The quantitative estimate of drug-likeness (QED) is 0.807. The van der Waals surface area contributed by atoms with Gasteiger partial charge >= 0.3 is 0 Å². The summed E-state index contributed by atoms with van der Waals surface area (Å²) in [5.41, 5.74) is 9.68. The molecule has 2 N–H and O–H groups in total. The number of hydrogen-bond acceptors (Lipinski definition) is 3. The number of hydrogen-bond donors (Lipinski definition) is 1. The number of benzene rings is 1. The van der Waals surface area contributed by atoms with Crippen LogP contribution in [0.15, 0.2) is 54.9 Å². The Labute approximate surface area is 140 Å². The van der Waals surface area contributed by atoms with Crippen LogP contribution in [0.4, 0.5) is 5.69 Å². The molecule has 1 aliphatic heterocycles. The van der Waals surface area contributed by atoms with Gasteiger partial charge in [0.05, 0.1) is 18.2 Å². The number of nitrogens with zero attached hydrogens (tertiary/aromatic N) is 3. The lowest BCUT2D eigenvalue weighted by Crippen LogP contribution is -2.41. The van der Waals surface area contributed by atoms with Crippen LogP contribution in [-0.2, 0) is 11.3 Å². The number of nitrogens with two attached hydrogens (primary N) is 1. The standard InChI is InChI=1S/C19H20N4O/c1-13-10-16(19(20)24)15-6-2-3-7-17(15)23(13)12-14-11-22-9-5-4-8-18(22)21-14/h2-9,11,13,16H,10,12H2,1H3,(H2,20,24)/t13-,16-/m1/s1. The number of carbonyl (C=O) groups excluding carboxylic acids is 1. The number of anilines is 1. The molecule has 0 unspecified atom stereocenters. The largest absolute Gasteiger partial charge is 0.369 e. The maximum absolute atomic E-state index is 11.8. The lowest BCUT2D eigenvalue weighted by Gasteiger charge is -2.39. The van der Waals surface area contributed by atoms with Crippen molar-refractivity contribution in [2.24, 2.45) is 5.73 Å². The molecule has 3 heterocycles. The van der Waals surface area contributed by atoms with E-state index in [2.05, 4.69) is 24.1 Å². The van der Waals surface area contributed by atoms with Crippen molar-refractivity contribution in [2.75, 3.05) is 4.90 Å². The van der Waals surface area contributed by atoms with E-state index in [0.29, 0.717) is 6.54 Å². The third-order valence-corrected chi connectivity index (χ3v) is 4.82. The predicted octanol–water partition coefficient (Wildman–Crippen LogP) is 2.70. The van der Waals surface area contributed by atoms with Crippen molar-refractivity contribution in [3.63, 3.8) is 0 Å². The monoisotopic (exact) mass is 320 g/mol. The van der Waals surface area contributed by atoms with E-state index in [9.17, 15) is 4.79 Å². The Balaban J connectivity index is 1.71. The molecule has 0 fully saturated rings. The highest BCUT2D eigenvalue weighted by Crippen LogP contribution is 2.38. The van der Waals surface area contributed by atoms with Crippen LogP contribution in [0.25, 0.3) is 5.65 Å². The van der Waals surface area contributed by atoms with Crippen molar-refractivity contribution in [1.29, 1.82) is 0 Å². The average Bonchev–Trinajstić information content (AvgIpc) is 2.99. The third kappa shape index (κ3) is 2.42. The number of carbonyl (C=O) groups is 1. The number of imidazole rings is 1. The first-order valence-electron chi connectivity index (χ1n) is 8.21. The van der Waals surface area contributed by atoms with Crippen LogP contribution in [0.2, 0.25) is 0 Å². The van der Waals surface area contributed by atoms with Crippen LogP contribution in [0, 0.1) is 0 Å². The second-order valence-corrected chi connectivity index (χ2v) is 6.42. The van der Waals surface area contributed by atoms with Crippen LogP contribution in [0.5, 0.6) is 0 Å². The maximum Gasteiger partial charge on any atom is 0.225 e. The Bertz CT molecular complexity index is 868. The Kier molecular flexibility index (Phi) is 3.49. The molecule has 0 aliphatic carbocycles.